The third-order valence-corrected chi connectivity index (χ3v) is 2.90. The SMILES string of the molecule is CCOC(=O)CSc1ncc(C=O)cc1C. The van der Waals surface area contributed by atoms with Gasteiger partial charge in [-0.05, 0) is 25.5 Å². The van der Waals surface area contributed by atoms with Crippen LogP contribution in [0.15, 0.2) is 17.3 Å². The largest absolute Gasteiger partial charge is 0.465 e. The second kappa shape index (κ2) is 6.27. The van der Waals surface area contributed by atoms with Crippen molar-refractivity contribution in [2.24, 2.45) is 0 Å². The van der Waals surface area contributed by atoms with Crippen LogP contribution in [-0.2, 0) is 9.53 Å². The number of thioether (sulfide) groups is 1. The number of nitrogens with zero attached hydrogens (tertiary/aromatic N) is 1. The van der Waals surface area contributed by atoms with E-state index in [9.17, 15) is 9.59 Å². The second-order valence-corrected chi connectivity index (χ2v) is 4.07. The molecule has 1 rings (SSSR count). The summed E-state index contributed by atoms with van der Waals surface area (Å²) < 4.78 is 4.80. The molecule has 0 aliphatic rings. The van der Waals surface area contributed by atoms with Crippen LogP contribution in [0.4, 0.5) is 0 Å². The van der Waals surface area contributed by atoms with Crippen LogP contribution in [0.1, 0.15) is 22.8 Å². The zero-order valence-electron chi connectivity index (χ0n) is 9.23. The third kappa shape index (κ3) is 3.66. The summed E-state index contributed by atoms with van der Waals surface area (Å²) in [5, 5.41) is 0.749. The van der Waals surface area contributed by atoms with Gasteiger partial charge >= 0.3 is 5.97 Å². The Labute approximate surface area is 98.4 Å². The molecular weight excluding hydrogens is 226 g/mol. The maximum Gasteiger partial charge on any atom is 0.316 e. The van der Waals surface area contributed by atoms with Gasteiger partial charge in [0.2, 0.25) is 0 Å². The number of hydrogen-bond acceptors (Lipinski definition) is 5. The Hall–Kier alpha value is -1.36. The van der Waals surface area contributed by atoms with Crippen molar-refractivity contribution < 1.29 is 14.3 Å². The maximum absolute atomic E-state index is 11.1. The summed E-state index contributed by atoms with van der Waals surface area (Å²) in [5.41, 5.74) is 1.43. The summed E-state index contributed by atoms with van der Waals surface area (Å²) in [6.45, 7) is 4.01. The molecule has 0 aliphatic carbocycles. The quantitative estimate of drug-likeness (QED) is 0.446. The van der Waals surface area contributed by atoms with E-state index in [2.05, 4.69) is 4.98 Å². The van der Waals surface area contributed by atoms with Crippen molar-refractivity contribution in [3.8, 4) is 0 Å². The number of pyridine rings is 1. The Bertz CT molecular complexity index is 393. The smallest absolute Gasteiger partial charge is 0.316 e. The Morgan fingerprint density at radius 3 is 2.94 bits per heavy atom. The number of carbonyl (C=O) groups excluding carboxylic acids is 2. The minimum absolute atomic E-state index is 0.238. The monoisotopic (exact) mass is 239 g/mol. The van der Waals surface area contributed by atoms with Gasteiger partial charge in [0.05, 0.1) is 17.4 Å². The van der Waals surface area contributed by atoms with Gasteiger partial charge < -0.3 is 4.74 Å². The molecule has 1 heterocycles. The minimum Gasteiger partial charge on any atom is -0.465 e. The first-order valence-corrected chi connectivity index (χ1v) is 5.86. The Kier molecular flexibility index (Phi) is 4.98. The van der Waals surface area contributed by atoms with Crippen molar-refractivity contribution in [2.45, 2.75) is 18.9 Å². The van der Waals surface area contributed by atoms with Crippen LogP contribution >= 0.6 is 11.8 Å². The number of aromatic nitrogens is 1. The number of carbonyl (C=O) groups is 2. The van der Waals surface area contributed by atoms with Crippen LogP contribution in [0.5, 0.6) is 0 Å². The van der Waals surface area contributed by atoms with E-state index >= 15 is 0 Å². The summed E-state index contributed by atoms with van der Waals surface area (Å²) in [6, 6.07) is 1.74. The van der Waals surface area contributed by atoms with E-state index in [1.807, 2.05) is 6.92 Å². The molecule has 0 aliphatic heterocycles. The molecule has 0 saturated heterocycles. The fourth-order valence-corrected chi connectivity index (χ4v) is 1.88. The van der Waals surface area contributed by atoms with Crippen LogP contribution in [0.25, 0.3) is 0 Å². The van der Waals surface area contributed by atoms with E-state index in [0.717, 1.165) is 16.9 Å². The van der Waals surface area contributed by atoms with Crippen molar-refractivity contribution in [2.75, 3.05) is 12.4 Å². The average molecular weight is 239 g/mol. The fraction of sp³-hybridized carbons (Fsp3) is 0.364. The van der Waals surface area contributed by atoms with Gasteiger partial charge in [-0.1, -0.05) is 11.8 Å². The second-order valence-electron chi connectivity index (χ2n) is 3.10. The van der Waals surface area contributed by atoms with E-state index in [4.69, 9.17) is 4.74 Å². The molecule has 0 saturated carbocycles. The van der Waals surface area contributed by atoms with E-state index in [1.54, 1.807) is 13.0 Å². The van der Waals surface area contributed by atoms with Gasteiger partial charge in [-0.25, -0.2) is 4.98 Å². The van der Waals surface area contributed by atoms with E-state index in [1.165, 1.54) is 18.0 Å². The molecule has 16 heavy (non-hydrogen) atoms. The van der Waals surface area contributed by atoms with Gasteiger partial charge in [-0.2, -0.15) is 0 Å². The molecule has 1 aromatic heterocycles. The molecule has 0 amide bonds. The molecule has 0 unspecified atom stereocenters. The van der Waals surface area contributed by atoms with Crippen molar-refractivity contribution >= 4 is 24.0 Å². The first kappa shape index (κ1) is 12.7. The molecule has 0 aromatic carbocycles. The summed E-state index contributed by atoms with van der Waals surface area (Å²) in [5.74, 6) is -0.0181. The number of ether oxygens (including phenoxy) is 1. The van der Waals surface area contributed by atoms with Crippen molar-refractivity contribution in [3.05, 3.63) is 23.4 Å². The molecule has 5 heteroatoms. The van der Waals surface area contributed by atoms with Crippen LogP contribution in [-0.4, -0.2) is 29.6 Å². The third-order valence-electron chi connectivity index (χ3n) is 1.82. The van der Waals surface area contributed by atoms with Gasteiger partial charge in [0.25, 0.3) is 0 Å². The fourth-order valence-electron chi connectivity index (χ4n) is 1.13. The Balaban J connectivity index is 2.60. The molecule has 0 fully saturated rings. The normalized spacial score (nSPS) is 9.88. The lowest BCUT2D eigenvalue weighted by molar-refractivity contribution is -0.139. The Morgan fingerprint density at radius 2 is 2.38 bits per heavy atom. The molecule has 0 spiro atoms. The van der Waals surface area contributed by atoms with E-state index < -0.39 is 0 Å². The highest BCUT2D eigenvalue weighted by molar-refractivity contribution is 7.99. The average Bonchev–Trinajstić information content (AvgIpc) is 2.27. The molecule has 4 nitrogen and oxygen atoms in total. The lowest BCUT2D eigenvalue weighted by atomic mass is 10.2. The first-order chi connectivity index (χ1) is 7.67. The molecular formula is C11H13NO3S. The predicted molar refractivity (Wildman–Crippen MR) is 61.7 cm³/mol. The topological polar surface area (TPSA) is 56.3 Å². The number of hydrogen-bond donors (Lipinski definition) is 0. The molecule has 0 radical (unpaired) electrons. The zero-order chi connectivity index (χ0) is 12.0. The predicted octanol–water partition coefficient (Wildman–Crippen LogP) is 1.86. The van der Waals surface area contributed by atoms with Crippen LogP contribution in [0.3, 0.4) is 0 Å². The van der Waals surface area contributed by atoms with Crippen molar-refractivity contribution in [3.63, 3.8) is 0 Å². The number of esters is 1. The van der Waals surface area contributed by atoms with Crippen LogP contribution < -0.4 is 0 Å². The highest BCUT2D eigenvalue weighted by atomic mass is 32.2. The zero-order valence-corrected chi connectivity index (χ0v) is 10.0. The lowest BCUT2D eigenvalue weighted by Gasteiger charge is -2.04. The van der Waals surface area contributed by atoms with Crippen LogP contribution in [0, 0.1) is 6.92 Å². The molecule has 1 aromatic rings. The molecule has 0 bridgehead atoms. The standard InChI is InChI=1S/C11H13NO3S/c1-3-15-10(14)7-16-11-8(2)4-9(6-13)5-12-11/h4-6H,3,7H2,1-2H3. The molecule has 86 valence electrons. The first-order valence-electron chi connectivity index (χ1n) is 4.87. The lowest BCUT2D eigenvalue weighted by Crippen LogP contribution is -2.07. The number of aryl methyl sites for hydroxylation is 1. The number of rotatable bonds is 5. The van der Waals surface area contributed by atoms with Crippen LogP contribution in [0.2, 0.25) is 0 Å². The summed E-state index contributed by atoms with van der Waals surface area (Å²) in [4.78, 5) is 25.7. The summed E-state index contributed by atoms with van der Waals surface area (Å²) in [6.07, 6.45) is 2.24. The maximum atomic E-state index is 11.1. The van der Waals surface area contributed by atoms with E-state index in [-0.39, 0.29) is 11.7 Å². The van der Waals surface area contributed by atoms with Gasteiger partial charge in [-0.3, -0.25) is 9.59 Å². The highest BCUT2D eigenvalue weighted by Gasteiger charge is 2.07. The number of aldehydes is 1. The van der Waals surface area contributed by atoms with Gasteiger partial charge in [0.1, 0.15) is 0 Å². The molecule has 0 N–H and O–H groups in total. The van der Waals surface area contributed by atoms with Gasteiger partial charge in [0, 0.05) is 11.8 Å². The van der Waals surface area contributed by atoms with Crippen molar-refractivity contribution in [1.29, 1.82) is 0 Å². The van der Waals surface area contributed by atoms with Gasteiger partial charge in [0.15, 0.2) is 6.29 Å². The summed E-state index contributed by atoms with van der Waals surface area (Å²) in [7, 11) is 0. The minimum atomic E-state index is -0.256. The Morgan fingerprint density at radius 1 is 1.62 bits per heavy atom. The van der Waals surface area contributed by atoms with E-state index in [0.29, 0.717) is 12.2 Å². The summed E-state index contributed by atoms with van der Waals surface area (Å²) >= 11 is 1.31. The van der Waals surface area contributed by atoms with Gasteiger partial charge in [-0.15, -0.1) is 0 Å². The molecule has 0 atom stereocenters. The van der Waals surface area contributed by atoms with Crippen molar-refractivity contribution in [1.82, 2.24) is 4.98 Å². The highest BCUT2D eigenvalue weighted by Crippen LogP contribution is 2.20.